The first-order chi connectivity index (χ1) is 9.65. The zero-order valence-electron chi connectivity index (χ0n) is 11.6. The summed E-state index contributed by atoms with van der Waals surface area (Å²) in [5.74, 6) is 0.491. The molecule has 5 nitrogen and oxygen atoms in total. The molecular weight excluding hydrogens is 261 g/mol. The van der Waals surface area contributed by atoms with E-state index in [-0.39, 0.29) is 11.8 Å². The molecule has 0 unspecified atom stereocenters. The molecule has 0 fully saturated rings. The summed E-state index contributed by atoms with van der Waals surface area (Å²) in [6, 6.07) is 4.14. The minimum absolute atomic E-state index is 0.143. The molecule has 0 bridgehead atoms. The number of hydrogen-bond acceptors (Lipinski definition) is 5. The molecule has 1 heterocycles. The van der Waals surface area contributed by atoms with E-state index in [1.807, 2.05) is 0 Å². The van der Waals surface area contributed by atoms with Gasteiger partial charge in [-0.2, -0.15) is 4.98 Å². The molecule has 0 amide bonds. The fraction of sp³-hybridized carbons (Fsp3) is 0.429. The number of ether oxygens (including phenoxy) is 1. The average Bonchev–Trinajstić information content (AvgIpc) is 2.95. The molecule has 2 aromatic rings. The molecule has 1 aromatic carbocycles. The van der Waals surface area contributed by atoms with Crippen LogP contribution in [0.1, 0.15) is 38.1 Å². The molecule has 20 heavy (non-hydrogen) atoms. The minimum atomic E-state index is -0.431. The van der Waals surface area contributed by atoms with E-state index in [4.69, 9.17) is 15.0 Å². The van der Waals surface area contributed by atoms with Crippen molar-refractivity contribution in [3.8, 4) is 17.1 Å². The lowest BCUT2D eigenvalue weighted by Gasteiger charge is -2.04. The Morgan fingerprint density at radius 2 is 2.25 bits per heavy atom. The Hall–Kier alpha value is -1.95. The van der Waals surface area contributed by atoms with Gasteiger partial charge in [-0.1, -0.05) is 24.9 Å². The van der Waals surface area contributed by atoms with Gasteiger partial charge in [0.2, 0.25) is 11.7 Å². The van der Waals surface area contributed by atoms with Crippen LogP contribution < -0.4 is 10.5 Å². The fourth-order valence-electron chi connectivity index (χ4n) is 1.85. The van der Waals surface area contributed by atoms with Gasteiger partial charge in [-0.05, 0) is 24.6 Å². The van der Waals surface area contributed by atoms with Crippen LogP contribution >= 0.6 is 0 Å². The predicted octanol–water partition coefficient (Wildman–Crippen LogP) is 3.07. The third-order valence-electron chi connectivity index (χ3n) is 3.04. The fourth-order valence-corrected chi connectivity index (χ4v) is 1.85. The number of unbranched alkanes of at least 4 members (excludes halogenated alkanes) is 1. The van der Waals surface area contributed by atoms with E-state index in [0.29, 0.717) is 17.3 Å². The smallest absolute Gasteiger partial charge is 0.243 e. The van der Waals surface area contributed by atoms with Crippen LogP contribution in [0.15, 0.2) is 22.7 Å². The summed E-state index contributed by atoms with van der Waals surface area (Å²) in [6.45, 7) is 2.09. The van der Waals surface area contributed by atoms with Crippen molar-refractivity contribution in [3.63, 3.8) is 0 Å². The summed E-state index contributed by atoms with van der Waals surface area (Å²) in [4.78, 5) is 4.26. The lowest BCUT2D eigenvalue weighted by atomic mass is 10.1. The lowest BCUT2D eigenvalue weighted by molar-refractivity contribution is 0.346. The molecule has 6 heteroatoms. The molecule has 1 aromatic heterocycles. The molecule has 1 atom stereocenters. The summed E-state index contributed by atoms with van der Waals surface area (Å²) in [5, 5.41) is 3.88. The highest BCUT2D eigenvalue weighted by Gasteiger charge is 2.16. The van der Waals surface area contributed by atoms with Gasteiger partial charge in [-0.3, -0.25) is 0 Å². The molecule has 0 aliphatic carbocycles. The van der Waals surface area contributed by atoms with Gasteiger partial charge in [0.15, 0.2) is 11.6 Å². The number of hydrogen-bond donors (Lipinski definition) is 1. The summed E-state index contributed by atoms with van der Waals surface area (Å²) < 4.78 is 23.4. The Morgan fingerprint density at radius 3 is 2.95 bits per heavy atom. The number of benzene rings is 1. The third kappa shape index (κ3) is 3.14. The second kappa shape index (κ2) is 6.47. The molecule has 0 saturated carbocycles. The average molecular weight is 279 g/mol. The third-order valence-corrected chi connectivity index (χ3v) is 3.04. The SMILES string of the molecule is CCCC[C@H](N)c1nc(-c2ccc(F)c(OC)c2)no1. The minimum Gasteiger partial charge on any atom is -0.494 e. The summed E-state index contributed by atoms with van der Waals surface area (Å²) in [7, 11) is 1.41. The molecule has 2 rings (SSSR count). The van der Waals surface area contributed by atoms with Gasteiger partial charge in [0, 0.05) is 5.56 Å². The second-order valence-corrected chi connectivity index (χ2v) is 4.55. The van der Waals surface area contributed by atoms with Crippen LogP contribution in [-0.4, -0.2) is 17.3 Å². The van der Waals surface area contributed by atoms with Crippen LogP contribution in [0.25, 0.3) is 11.4 Å². The molecule has 0 radical (unpaired) electrons. The molecule has 0 spiro atoms. The van der Waals surface area contributed by atoms with Gasteiger partial charge in [-0.15, -0.1) is 0 Å². The lowest BCUT2D eigenvalue weighted by Crippen LogP contribution is -2.10. The molecule has 0 aliphatic heterocycles. The zero-order chi connectivity index (χ0) is 14.5. The number of halogens is 1. The van der Waals surface area contributed by atoms with Crippen molar-refractivity contribution in [2.24, 2.45) is 5.73 Å². The Labute approximate surface area is 116 Å². The maximum absolute atomic E-state index is 13.3. The summed E-state index contributed by atoms with van der Waals surface area (Å²) in [5.41, 5.74) is 6.60. The first kappa shape index (κ1) is 14.5. The zero-order valence-corrected chi connectivity index (χ0v) is 11.6. The Kier molecular flexibility index (Phi) is 4.68. The summed E-state index contributed by atoms with van der Waals surface area (Å²) in [6.07, 6.45) is 2.86. The summed E-state index contributed by atoms with van der Waals surface area (Å²) >= 11 is 0. The van der Waals surface area contributed by atoms with E-state index in [9.17, 15) is 4.39 Å². The van der Waals surface area contributed by atoms with Crippen LogP contribution in [0.4, 0.5) is 4.39 Å². The van der Waals surface area contributed by atoms with Crippen molar-refractivity contribution < 1.29 is 13.7 Å². The molecule has 0 saturated heterocycles. The largest absolute Gasteiger partial charge is 0.494 e. The van der Waals surface area contributed by atoms with Crippen molar-refractivity contribution in [3.05, 3.63) is 29.9 Å². The predicted molar refractivity (Wildman–Crippen MR) is 72.7 cm³/mol. The van der Waals surface area contributed by atoms with Crippen molar-refractivity contribution >= 4 is 0 Å². The first-order valence-electron chi connectivity index (χ1n) is 6.58. The highest BCUT2D eigenvalue weighted by atomic mass is 19.1. The number of rotatable bonds is 6. The Balaban J connectivity index is 2.20. The number of methoxy groups -OCH3 is 1. The van der Waals surface area contributed by atoms with Gasteiger partial charge in [-0.25, -0.2) is 4.39 Å². The standard InChI is InChI=1S/C14H18FN3O2/c1-3-4-5-11(16)14-17-13(18-20-14)9-6-7-10(15)12(8-9)19-2/h6-8,11H,3-5,16H2,1-2H3/t11-/m0/s1. The highest BCUT2D eigenvalue weighted by molar-refractivity contribution is 5.57. The van der Waals surface area contributed by atoms with Crippen LogP contribution in [-0.2, 0) is 0 Å². The van der Waals surface area contributed by atoms with Crippen LogP contribution in [0, 0.1) is 5.82 Å². The van der Waals surface area contributed by atoms with E-state index in [2.05, 4.69) is 17.1 Å². The number of nitrogens with zero attached hydrogens (tertiary/aromatic N) is 2. The van der Waals surface area contributed by atoms with Gasteiger partial charge in [0.1, 0.15) is 0 Å². The van der Waals surface area contributed by atoms with Crippen LogP contribution in [0.5, 0.6) is 5.75 Å². The number of aromatic nitrogens is 2. The monoisotopic (exact) mass is 279 g/mol. The first-order valence-corrected chi connectivity index (χ1v) is 6.58. The maximum atomic E-state index is 13.3. The van der Waals surface area contributed by atoms with Gasteiger partial charge < -0.3 is 15.0 Å². The normalized spacial score (nSPS) is 12.4. The van der Waals surface area contributed by atoms with Crippen LogP contribution in [0.2, 0.25) is 0 Å². The van der Waals surface area contributed by atoms with Gasteiger partial charge in [0.05, 0.1) is 13.2 Å². The quantitative estimate of drug-likeness (QED) is 0.879. The van der Waals surface area contributed by atoms with Crippen molar-refractivity contribution in [1.29, 1.82) is 0 Å². The van der Waals surface area contributed by atoms with E-state index < -0.39 is 5.82 Å². The molecule has 0 aliphatic rings. The van der Waals surface area contributed by atoms with Crippen LogP contribution in [0.3, 0.4) is 0 Å². The van der Waals surface area contributed by atoms with Gasteiger partial charge >= 0.3 is 0 Å². The molecular formula is C14H18FN3O2. The topological polar surface area (TPSA) is 74.2 Å². The van der Waals surface area contributed by atoms with E-state index in [1.54, 1.807) is 6.07 Å². The van der Waals surface area contributed by atoms with E-state index in [1.165, 1.54) is 19.2 Å². The molecule has 2 N–H and O–H groups in total. The highest BCUT2D eigenvalue weighted by Crippen LogP contribution is 2.25. The maximum Gasteiger partial charge on any atom is 0.243 e. The Morgan fingerprint density at radius 1 is 1.45 bits per heavy atom. The second-order valence-electron chi connectivity index (χ2n) is 4.55. The van der Waals surface area contributed by atoms with E-state index >= 15 is 0 Å². The van der Waals surface area contributed by atoms with Crippen molar-refractivity contribution in [2.75, 3.05) is 7.11 Å². The van der Waals surface area contributed by atoms with Crippen molar-refractivity contribution in [2.45, 2.75) is 32.2 Å². The number of nitrogens with two attached hydrogens (primary N) is 1. The Bertz CT molecular complexity index is 571. The van der Waals surface area contributed by atoms with E-state index in [0.717, 1.165) is 19.3 Å². The van der Waals surface area contributed by atoms with Gasteiger partial charge in [0.25, 0.3) is 0 Å². The van der Waals surface area contributed by atoms with Crippen molar-refractivity contribution in [1.82, 2.24) is 10.1 Å². The molecule has 108 valence electrons.